The van der Waals surface area contributed by atoms with Crippen molar-refractivity contribution in [3.05, 3.63) is 41.7 Å². The molecule has 1 heterocycles. The minimum absolute atomic E-state index is 0.103. The van der Waals surface area contributed by atoms with Gasteiger partial charge in [0.05, 0.1) is 7.11 Å². The topological polar surface area (TPSA) is 124 Å². The molecule has 0 bridgehead atoms. The van der Waals surface area contributed by atoms with Crippen molar-refractivity contribution in [3.63, 3.8) is 0 Å². The second-order valence-corrected chi connectivity index (χ2v) is 5.17. The van der Waals surface area contributed by atoms with E-state index in [2.05, 4.69) is 10.5 Å². The monoisotopic (exact) mass is 371 g/mol. The zero-order chi connectivity index (χ0) is 19.6. The predicted octanol–water partition coefficient (Wildman–Crippen LogP) is 2.09. The number of carbonyl (C=O) groups excluding carboxylic acids is 2. The van der Waals surface area contributed by atoms with Crippen LogP contribution in [0.3, 0.4) is 0 Å². The number of ether oxygens (including phenoxy) is 3. The number of anilines is 1. The Kier molecular flexibility index (Phi) is 6.96. The maximum atomic E-state index is 11.7. The first-order valence-electron chi connectivity index (χ1n) is 7.77. The summed E-state index contributed by atoms with van der Waals surface area (Å²) in [6.07, 6.45) is 2.68. The molecule has 1 N–H and O–H groups in total. The number of amides is 1. The van der Waals surface area contributed by atoms with Crippen LogP contribution in [0.5, 0.6) is 11.5 Å². The number of hydrogen-bond donors (Lipinski definition) is 1. The van der Waals surface area contributed by atoms with Crippen LogP contribution >= 0.6 is 0 Å². The molecule has 0 unspecified atom stereocenters. The number of benzene rings is 1. The highest BCUT2D eigenvalue weighted by atomic mass is 16.5. The molecule has 1 aromatic heterocycles. The van der Waals surface area contributed by atoms with Gasteiger partial charge in [-0.15, -0.1) is 0 Å². The Bertz CT molecular complexity index is 881. The van der Waals surface area contributed by atoms with Gasteiger partial charge in [-0.05, 0) is 30.7 Å². The Labute approximate surface area is 155 Å². The molecule has 0 saturated heterocycles. The lowest BCUT2D eigenvalue weighted by molar-refractivity contribution is -0.142. The summed E-state index contributed by atoms with van der Waals surface area (Å²) >= 11 is 0. The van der Waals surface area contributed by atoms with Crippen LogP contribution in [0.2, 0.25) is 0 Å². The summed E-state index contributed by atoms with van der Waals surface area (Å²) in [6.45, 7) is 1.12. The van der Waals surface area contributed by atoms with Crippen LogP contribution in [0.1, 0.15) is 11.3 Å². The second-order valence-electron chi connectivity index (χ2n) is 5.17. The molecule has 0 spiro atoms. The van der Waals surface area contributed by atoms with Crippen molar-refractivity contribution in [1.82, 2.24) is 5.16 Å². The molecule has 0 aliphatic carbocycles. The summed E-state index contributed by atoms with van der Waals surface area (Å²) in [6, 6.07) is 8.34. The van der Waals surface area contributed by atoms with E-state index < -0.39 is 18.5 Å². The quantitative estimate of drug-likeness (QED) is 0.552. The van der Waals surface area contributed by atoms with E-state index in [1.165, 1.54) is 25.3 Å². The predicted molar refractivity (Wildman–Crippen MR) is 94.0 cm³/mol. The molecule has 2 aromatic rings. The molecule has 0 fully saturated rings. The lowest BCUT2D eigenvalue weighted by atomic mass is 10.2. The zero-order valence-corrected chi connectivity index (χ0v) is 14.7. The maximum Gasteiger partial charge on any atom is 0.331 e. The third-order valence-electron chi connectivity index (χ3n) is 3.13. The molecule has 0 saturated carbocycles. The smallest absolute Gasteiger partial charge is 0.331 e. The Hall–Kier alpha value is -3.80. The highest BCUT2D eigenvalue weighted by Gasteiger charge is 2.09. The van der Waals surface area contributed by atoms with E-state index in [4.69, 9.17) is 24.0 Å². The van der Waals surface area contributed by atoms with Gasteiger partial charge in [-0.1, -0.05) is 11.2 Å². The van der Waals surface area contributed by atoms with Crippen LogP contribution < -0.4 is 14.8 Å². The lowest BCUT2D eigenvalue weighted by Crippen LogP contribution is -2.20. The van der Waals surface area contributed by atoms with Crippen molar-refractivity contribution in [2.75, 3.05) is 25.6 Å². The number of nitriles is 1. The van der Waals surface area contributed by atoms with E-state index in [-0.39, 0.29) is 12.4 Å². The number of aryl methyl sites for hydroxylation is 1. The number of nitrogens with zero attached hydrogens (tertiary/aromatic N) is 2. The molecule has 9 heteroatoms. The molecule has 0 aliphatic rings. The molecule has 2 rings (SSSR count). The lowest BCUT2D eigenvalue weighted by Gasteiger charge is -2.08. The van der Waals surface area contributed by atoms with E-state index >= 15 is 0 Å². The van der Waals surface area contributed by atoms with Crippen molar-refractivity contribution < 1.29 is 28.3 Å². The molecular weight excluding hydrogens is 354 g/mol. The number of nitrogens with one attached hydrogen (secondary N) is 1. The Morgan fingerprint density at radius 3 is 2.81 bits per heavy atom. The second kappa shape index (κ2) is 9.62. The summed E-state index contributed by atoms with van der Waals surface area (Å²) in [7, 11) is 1.46. The van der Waals surface area contributed by atoms with Gasteiger partial charge in [0.2, 0.25) is 0 Å². The molecular formula is C18H17N3O6. The normalized spacial score (nSPS) is 10.3. The highest BCUT2D eigenvalue weighted by Crippen LogP contribution is 2.28. The standard InChI is InChI=1S/C18H17N3O6/c1-12-9-16(21-27-12)20-17(22)11-26-18(23)6-4-13-3-5-14(25-8-7-19)15(10-13)24-2/h3-6,9-10H,8,11H2,1-2H3,(H,20,21,22)/b6-4+. The molecule has 0 radical (unpaired) electrons. The number of esters is 1. The fourth-order valence-corrected chi connectivity index (χ4v) is 1.97. The first-order chi connectivity index (χ1) is 13.0. The Morgan fingerprint density at radius 2 is 2.15 bits per heavy atom. The molecule has 0 atom stereocenters. The first-order valence-corrected chi connectivity index (χ1v) is 7.77. The van der Waals surface area contributed by atoms with Crippen LogP contribution in [0, 0.1) is 18.3 Å². The average molecular weight is 371 g/mol. The van der Waals surface area contributed by atoms with E-state index in [0.29, 0.717) is 22.8 Å². The molecule has 140 valence electrons. The molecule has 9 nitrogen and oxygen atoms in total. The van der Waals surface area contributed by atoms with Crippen LogP contribution in [0.4, 0.5) is 5.82 Å². The van der Waals surface area contributed by atoms with Gasteiger partial charge in [-0.2, -0.15) is 5.26 Å². The van der Waals surface area contributed by atoms with Crippen molar-refractivity contribution in [3.8, 4) is 17.6 Å². The Morgan fingerprint density at radius 1 is 1.33 bits per heavy atom. The third-order valence-corrected chi connectivity index (χ3v) is 3.13. The van der Waals surface area contributed by atoms with Gasteiger partial charge in [0.25, 0.3) is 5.91 Å². The average Bonchev–Trinajstić information content (AvgIpc) is 3.07. The van der Waals surface area contributed by atoms with Gasteiger partial charge in [0.15, 0.2) is 30.5 Å². The Balaban J connectivity index is 1.86. The van der Waals surface area contributed by atoms with Crippen LogP contribution in [0.25, 0.3) is 6.08 Å². The fraction of sp³-hybridized carbons (Fsp3) is 0.222. The number of rotatable bonds is 8. The van der Waals surface area contributed by atoms with Crippen molar-refractivity contribution >= 4 is 23.8 Å². The zero-order valence-electron chi connectivity index (χ0n) is 14.7. The summed E-state index contributed by atoms with van der Waals surface area (Å²) in [5.41, 5.74) is 0.649. The van der Waals surface area contributed by atoms with Crippen molar-refractivity contribution in [2.45, 2.75) is 6.92 Å². The van der Waals surface area contributed by atoms with E-state index in [0.717, 1.165) is 0 Å². The molecule has 1 aromatic carbocycles. The van der Waals surface area contributed by atoms with Gasteiger partial charge in [-0.25, -0.2) is 4.79 Å². The first kappa shape index (κ1) is 19.5. The molecule has 1 amide bonds. The maximum absolute atomic E-state index is 11.7. The van der Waals surface area contributed by atoms with Gasteiger partial charge in [-0.3, -0.25) is 4.79 Å². The van der Waals surface area contributed by atoms with Crippen LogP contribution in [0.15, 0.2) is 34.9 Å². The van der Waals surface area contributed by atoms with Gasteiger partial charge >= 0.3 is 5.97 Å². The van der Waals surface area contributed by atoms with Gasteiger partial charge in [0, 0.05) is 12.1 Å². The molecule has 27 heavy (non-hydrogen) atoms. The van der Waals surface area contributed by atoms with E-state index in [9.17, 15) is 9.59 Å². The van der Waals surface area contributed by atoms with Gasteiger partial charge in [0.1, 0.15) is 11.8 Å². The third kappa shape index (κ3) is 6.21. The minimum Gasteiger partial charge on any atom is -0.493 e. The summed E-state index contributed by atoms with van der Waals surface area (Å²) < 4.78 is 20.0. The largest absolute Gasteiger partial charge is 0.493 e. The summed E-state index contributed by atoms with van der Waals surface area (Å²) in [5, 5.41) is 14.6. The number of aromatic nitrogens is 1. The number of methoxy groups -OCH3 is 1. The van der Waals surface area contributed by atoms with Crippen molar-refractivity contribution in [2.24, 2.45) is 0 Å². The summed E-state index contributed by atoms with van der Waals surface area (Å²) in [4.78, 5) is 23.4. The highest BCUT2D eigenvalue weighted by molar-refractivity contribution is 5.94. The summed E-state index contributed by atoms with van der Waals surface area (Å²) in [5.74, 6) is 0.400. The number of carbonyl (C=O) groups is 2. The van der Waals surface area contributed by atoms with Crippen LogP contribution in [-0.4, -0.2) is 37.4 Å². The van der Waals surface area contributed by atoms with Crippen molar-refractivity contribution in [1.29, 1.82) is 5.26 Å². The minimum atomic E-state index is -0.690. The van der Waals surface area contributed by atoms with E-state index in [1.54, 1.807) is 25.1 Å². The number of hydrogen-bond acceptors (Lipinski definition) is 8. The molecule has 0 aliphatic heterocycles. The van der Waals surface area contributed by atoms with E-state index in [1.807, 2.05) is 6.07 Å². The SMILES string of the molecule is COc1cc(/C=C/C(=O)OCC(=O)Nc2cc(C)on2)ccc1OCC#N. The van der Waals surface area contributed by atoms with Gasteiger partial charge < -0.3 is 24.1 Å². The fourth-order valence-electron chi connectivity index (χ4n) is 1.97. The van der Waals surface area contributed by atoms with Crippen LogP contribution in [-0.2, 0) is 14.3 Å².